The van der Waals surface area contributed by atoms with Gasteiger partial charge in [-0.25, -0.2) is 4.98 Å². The molecule has 0 saturated heterocycles. The summed E-state index contributed by atoms with van der Waals surface area (Å²) in [5.74, 6) is 2.26. The first kappa shape index (κ1) is 20.4. The van der Waals surface area contributed by atoms with Gasteiger partial charge in [0.05, 0.1) is 5.56 Å². The second-order valence-corrected chi connectivity index (χ2v) is 7.19. The van der Waals surface area contributed by atoms with Crippen molar-refractivity contribution >= 4 is 11.7 Å². The monoisotopic (exact) mass is 389 g/mol. The van der Waals surface area contributed by atoms with Gasteiger partial charge in [-0.05, 0) is 53.8 Å². The fourth-order valence-corrected chi connectivity index (χ4v) is 2.98. The van der Waals surface area contributed by atoms with Crippen LogP contribution in [-0.4, -0.2) is 10.9 Å². The van der Waals surface area contributed by atoms with Crippen LogP contribution in [0.3, 0.4) is 0 Å². The molecule has 1 aromatic heterocycles. The van der Waals surface area contributed by atoms with E-state index in [1.807, 2.05) is 42.5 Å². The first-order valence-corrected chi connectivity index (χ1v) is 9.90. The van der Waals surface area contributed by atoms with Crippen LogP contribution in [0.25, 0.3) is 0 Å². The maximum Gasteiger partial charge on any atom is 0.255 e. The average molecular weight is 389 g/mol. The number of carbonyl (C=O) groups excluding carboxylic acids is 1. The number of hydrogen-bond donors (Lipinski definition) is 2. The number of pyridine rings is 1. The molecule has 0 saturated carbocycles. The van der Waals surface area contributed by atoms with Crippen LogP contribution >= 0.6 is 0 Å². The van der Waals surface area contributed by atoms with Gasteiger partial charge in [-0.15, -0.1) is 0 Å². The molecule has 3 N–H and O–H groups in total. The van der Waals surface area contributed by atoms with Crippen molar-refractivity contribution in [2.75, 3.05) is 5.73 Å². The van der Waals surface area contributed by atoms with E-state index >= 15 is 0 Å². The Morgan fingerprint density at radius 2 is 1.86 bits per heavy atom. The largest absolute Gasteiger partial charge is 0.457 e. The number of ether oxygens (including phenoxy) is 1. The summed E-state index contributed by atoms with van der Waals surface area (Å²) in [5.41, 5.74) is 8.31. The number of nitrogens with two attached hydrogens (primary N) is 1. The van der Waals surface area contributed by atoms with Gasteiger partial charge in [-0.2, -0.15) is 0 Å². The van der Waals surface area contributed by atoms with Gasteiger partial charge < -0.3 is 15.8 Å². The van der Waals surface area contributed by atoms with E-state index in [0.717, 1.165) is 29.9 Å². The van der Waals surface area contributed by atoms with E-state index in [0.29, 0.717) is 18.0 Å². The smallest absolute Gasteiger partial charge is 0.255 e. The first-order valence-electron chi connectivity index (χ1n) is 9.90. The van der Waals surface area contributed by atoms with Gasteiger partial charge in [-0.1, -0.05) is 50.6 Å². The summed E-state index contributed by atoms with van der Waals surface area (Å²) in [6.45, 7) is 4.85. The Kier molecular flexibility index (Phi) is 6.85. The number of benzene rings is 2. The number of hydrogen-bond acceptors (Lipinski definition) is 4. The second kappa shape index (κ2) is 9.73. The quantitative estimate of drug-likeness (QED) is 0.570. The highest BCUT2D eigenvalue weighted by molar-refractivity contribution is 5.98. The molecule has 150 valence electrons. The Balaban J connectivity index is 1.61. The molecule has 3 aromatic rings. The SMILES string of the molecule is CCC(C)Cc1ccccc1Oc1ccc(CNC(=O)c2cccnc2N)cc1. The Morgan fingerprint density at radius 3 is 2.59 bits per heavy atom. The van der Waals surface area contributed by atoms with Crippen LogP contribution in [-0.2, 0) is 13.0 Å². The predicted octanol–water partition coefficient (Wildman–Crippen LogP) is 4.97. The second-order valence-electron chi connectivity index (χ2n) is 7.19. The minimum atomic E-state index is -0.241. The number of nitrogens with one attached hydrogen (secondary N) is 1. The molecule has 1 unspecified atom stereocenters. The summed E-state index contributed by atoms with van der Waals surface area (Å²) in [7, 11) is 0. The van der Waals surface area contributed by atoms with E-state index in [2.05, 4.69) is 30.2 Å². The van der Waals surface area contributed by atoms with E-state index < -0.39 is 0 Å². The summed E-state index contributed by atoms with van der Waals surface area (Å²) in [6, 6.07) is 19.2. The minimum absolute atomic E-state index is 0.227. The molecule has 1 heterocycles. The summed E-state index contributed by atoms with van der Waals surface area (Å²) in [5, 5.41) is 2.86. The van der Waals surface area contributed by atoms with Gasteiger partial charge in [0.15, 0.2) is 0 Å². The lowest BCUT2D eigenvalue weighted by atomic mass is 9.98. The lowest BCUT2D eigenvalue weighted by Gasteiger charge is -2.14. The topological polar surface area (TPSA) is 77.2 Å². The van der Waals surface area contributed by atoms with Gasteiger partial charge in [0, 0.05) is 12.7 Å². The zero-order chi connectivity index (χ0) is 20.6. The highest BCUT2D eigenvalue weighted by Gasteiger charge is 2.10. The van der Waals surface area contributed by atoms with Crippen molar-refractivity contribution in [3.05, 3.63) is 83.6 Å². The number of amides is 1. The predicted molar refractivity (Wildman–Crippen MR) is 116 cm³/mol. The summed E-state index contributed by atoms with van der Waals surface area (Å²) >= 11 is 0. The Hall–Kier alpha value is -3.34. The molecule has 0 aliphatic heterocycles. The van der Waals surface area contributed by atoms with Crippen LogP contribution in [0.15, 0.2) is 66.9 Å². The lowest BCUT2D eigenvalue weighted by molar-refractivity contribution is 0.0951. The van der Waals surface area contributed by atoms with Crippen molar-refractivity contribution in [2.24, 2.45) is 5.92 Å². The normalized spacial score (nSPS) is 11.7. The van der Waals surface area contributed by atoms with Crippen LogP contribution in [0.1, 0.15) is 41.8 Å². The zero-order valence-electron chi connectivity index (χ0n) is 16.9. The molecule has 0 fully saturated rings. The molecule has 0 spiro atoms. The number of para-hydroxylation sites is 1. The number of aromatic nitrogens is 1. The number of nitrogen functional groups attached to an aromatic ring is 1. The molecule has 0 bridgehead atoms. The number of nitrogens with zero attached hydrogens (tertiary/aromatic N) is 1. The van der Waals surface area contributed by atoms with Crippen LogP contribution in [0.4, 0.5) is 5.82 Å². The van der Waals surface area contributed by atoms with Crippen LogP contribution in [0, 0.1) is 5.92 Å². The molecule has 0 aliphatic rings. The summed E-state index contributed by atoms with van der Waals surface area (Å²) in [6.07, 6.45) is 3.69. The van der Waals surface area contributed by atoms with Crippen LogP contribution < -0.4 is 15.8 Å². The molecule has 0 aliphatic carbocycles. The number of rotatable bonds is 8. The van der Waals surface area contributed by atoms with E-state index in [9.17, 15) is 4.79 Å². The van der Waals surface area contributed by atoms with Gasteiger partial charge in [0.2, 0.25) is 0 Å². The minimum Gasteiger partial charge on any atom is -0.457 e. The molecule has 29 heavy (non-hydrogen) atoms. The third kappa shape index (κ3) is 5.57. The summed E-state index contributed by atoms with van der Waals surface area (Å²) in [4.78, 5) is 16.2. The van der Waals surface area contributed by atoms with Gasteiger partial charge >= 0.3 is 0 Å². The third-order valence-electron chi connectivity index (χ3n) is 4.93. The fraction of sp³-hybridized carbons (Fsp3) is 0.250. The molecule has 5 nitrogen and oxygen atoms in total. The van der Waals surface area contributed by atoms with Crippen molar-refractivity contribution in [3.63, 3.8) is 0 Å². The Bertz CT molecular complexity index is 954. The van der Waals surface area contributed by atoms with E-state index in [1.54, 1.807) is 18.3 Å². The molecular weight excluding hydrogens is 362 g/mol. The average Bonchev–Trinajstić information content (AvgIpc) is 2.74. The fourth-order valence-electron chi connectivity index (χ4n) is 2.98. The molecule has 1 atom stereocenters. The molecular formula is C24H27N3O2. The summed E-state index contributed by atoms with van der Waals surface area (Å²) < 4.78 is 6.11. The van der Waals surface area contributed by atoms with Crippen molar-refractivity contribution in [1.29, 1.82) is 0 Å². The standard InChI is InChI=1S/C24H27N3O2/c1-3-17(2)15-19-7-4-5-9-22(19)29-20-12-10-18(11-13-20)16-27-24(28)21-8-6-14-26-23(21)25/h4-14,17H,3,15-16H2,1-2H3,(H2,25,26)(H,27,28). The van der Waals surface area contributed by atoms with E-state index in [1.165, 1.54) is 5.56 Å². The lowest BCUT2D eigenvalue weighted by Crippen LogP contribution is -2.24. The number of anilines is 1. The van der Waals surface area contributed by atoms with Crippen molar-refractivity contribution < 1.29 is 9.53 Å². The van der Waals surface area contributed by atoms with E-state index in [-0.39, 0.29) is 11.7 Å². The molecule has 1 amide bonds. The van der Waals surface area contributed by atoms with Crippen LogP contribution in [0.5, 0.6) is 11.5 Å². The maximum absolute atomic E-state index is 12.2. The molecule has 3 rings (SSSR count). The highest BCUT2D eigenvalue weighted by atomic mass is 16.5. The molecule has 0 radical (unpaired) electrons. The van der Waals surface area contributed by atoms with Crippen molar-refractivity contribution in [2.45, 2.75) is 33.2 Å². The third-order valence-corrected chi connectivity index (χ3v) is 4.93. The highest BCUT2D eigenvalue weighted by Crippen LogP contribution is 2.28. The molecule has 2 aromatic carbocycles. The number of carbonyl (C=O) groups is 1. The molecule has 5 heteroatoms. The van der Waals surface area contributed by atoms with E-state index in [4.69, 9.17) is 10.5 Å². The van der Waals surface area contributed by atoms with Crippen molar-refractivity contribution in [3.8, 4) is 11.5 Å². The first-order chi connectivity index (χ1) is 14.1. The Labute approximate surface area is 171 Å². The van der Waals surface area contributed by atoms with Gasteiger partial charge in [0.25, 0.3) is 5.91 Å². The maximum atomic E-state index is 12.2. The zero-order valence-corrected chi connectivity index (χ0v) is 16.9. The van der Waals surface area contributed by atoms with Crippen LogP contribution in [0.2, 0.25) is 0 Å². The van der Waals surface area contributed by atoms with Gasteiger partial charge in [0.1, 0.15) is 17.3 Å². The van der Waals surface area contributed by atoms with Crippen molar-refractivity contribution in [1.82, 2.24) is 10.3 Å². The van der Waals surface area contributed by atoms with Gasteiger partial charge in [-0.3, -0.25) is 4.79 Å². The Morgan fingerprint density at radius 1 is 1.10 bits per heavy atom.